The molecule has 1 atom stereocenters. The zero-order valence-corrected chi connectivity index (χ0v) is 13.1. The minimum absolute atomic E-state index is 0.470. The molecular formula is C16H22BrNO. The van der Waals surface area contributed by atoms with Crippen LogP contribution in [-0.4, -0.2) is 13.2 Å². The van der Waals surface area contributed by atoms with E-state index in [1.807, 2.05) is 0 Å². The third-order valence-electron chi connectivity index (χ3n) is 4.35. The highest BCUT2D eigenvalue weighted by Crippen LogP contribution is 2.44. The van der Waals surface area contributed by atoms with Crippen LogP contribution in [0.15, 0.2) is 16.6 Å². The number of hydrogen-bond acceptors (Lipinski definition) is 2. The minimum Gasteiger partial charge on any atom is -0.493 e. The molecule has 1 N–H and O–H groups in total. The molecule has 2 aliphatic rings. The van der Waals surface area contributed by atoms with Crippen molar-refractivity contribution in [3.8, 4) is 5.75 Å². The maximum atomic E-state index is 5.90. The Morgan fingerprint density at radius 1 is 1.42 bits per heavy atom. The molecule has 1 aliphatic carbocycles. The lowest BCUT2D eigenvalue weighted by Crippen LogP contribution is -2.33. The smallest absolute Gasteiger partial charge is 0.127 e. The van der Waals surface area contributed by atoms with Crippen LogP contribution in [0.25, 0.3) is 0 Å². The Labute approximate surface area is 124 Å². The predicted molar refractivity (Wildman–Crippen MR) is 81.7 cm³/mol. The summed E-state index contributed by atoms with van der Waals surface area (Å²) in [6.07, 6.45) is 6.31. The van der Waals surface area contributed by atoms with Gasteiger partial charge in [-0.05, 0) is 49.4 Å². The Morgan fingerprint density at radius 3 is 2.95 bits per heavy atom. The van der Waals surface area contributed by atoms with Crippen molar-refractivity contribution in [2.24, 2.45) is 5.92 Å². The zero-order chi connectivity index (χ0) is 13.2. The number of benzene rings is 1. The molecule has 0 spiro atoms. The van der Waals surface area contributed by atoms with Gasteiger partial charge in [0, 0.05) is 22.5 Å². The lowest BCUT2D eigenvalue weighted by Gasteiger charge is -2.35. The summed E-state index contributed by atoms with van der Waals surface area (Å²) >= 11 is 3.66. The van der Waals surface area contributed by atoms with Gasteiger partial charge >= 0.3 is 0 Å². The van der Waals surface area contributed by atoms with Gasteiger partial charge in [0.1, 0.15) is 5.75 Å². The summed E-state index contributed by atoms with van der Waals surface area (Å²) in [5.41, 5.74) is 2.74. The van der Waals surface area contributed by atoms with Gasteiger partial charge in [-0.2, -0.15) is 0 Å². The molecular weight excluding hydrogens is 302 g/mol. The Kier molecular flexibility index (Phi) is 4.13. The van der Waals surface area contributed by atoms with E-state index in [0.29, 0.717) is 6.04 Å². The van der Waals surface area contributed by atoms with Crippen molar-refractivity contribution >= 4 is 15.9 Å². The van der Waals surface area contributed by atoms with Gasteiger partial charge in [0.25, 0.3) is 0 Å². The van der Waals surface area contributed by atoms with Gasteiger partial charge in [-0.1, -0.05) is 29.3 Å². The molecule has 1 aliphatic heterocycles. The van der Waals surface area contributed by atoms with Crippen LogP contribution in [0.3, 0.4) is 0 Å². The van der Waals surface area contributed by atoms with Gasteiger partial charge in [0.2, 0.25) is 0 Å². The Morgan fingerprint density at radius 2 is 2.26 bits per heavy atom. The van der Waals surface area contributed by atoms with Crippen LogP contribution in [0.1, 0.15) is 49.8 Å². The summed E-state index contributed by atoms with van der Waals surface area (Å²) in [6, 6.07) is 4.94. The van der Waals surface area contributed by atoms with E-state index in [1.54, 1.807) is 0 Å². The van der Waals surface area contributed by atoms with E-state index in [2.05, 4.69) is 40.3 Å². The molecule has 19 heavy (non-hydrogen) atoms. The van der Waals surface area contributed by atoms with Gasteiger partial charge in [0.05, 0.1) is 6.61 Å². The SMILES string of the molecule is CCCNC(c1cc(Br)cc2c1OCC2)C1CCC1. The lowest BCUT2D eigenvalue weighted by molar-refractivity contribution is 0.226. The highest BCUT2D eigenvalue weighted by atomic mass is 79.9. The Balaban J connectivity index is 1.92. The molecule has 0 bridgehead atoms. The standard InChI is InChI=1S/C16H22BrNO/c1-2-7-18-15(11-4-3-5-11)14-10-13(17)9-12-6-8-19-16(12)14/h9-11,15,18H,2-8H2,1H3. The van der Waals surface area contributed by atoms with Gasteiger partial charge in [-0.25, -0.2) is 0 Å². The van der Waals surface area contributed by atoms with Crippen molar-refractivity contribution in [2.75, 3.05) is 13.2 Å². The molecule has 0 aromatic heterocycles. The predicted octanol–water partition coefficient (Wildman–Crippen LogP) is 4.22. The van der Waals surface area contributed by atoms with Crippen LogP contribution in [0.4, 0.5) is 0 Å². The average molecular weight is 324 g/mol. The third-order valence-corrected chi connectivity index (χ3v) is 4.81. The number of halogens is 1. The van der Waals surface area contributed by atoms with E-state index >= 15 is 0 Å². The van der Waals surface area contributed by atoms with Crippen LogP contribution in [0, 0.1) is 5.92 Å². The first-order valence-electron chi connectivity index (χ1n) is 7.48. The van der Waals surface area contributed by atoms with Crippen molar-refractivity contribution in [1.82, 2.24) is 5.32 Å². The van der Waals surface area contributed by atoms with Gasteiger partial charge in [-0.3, -0.25) is 0 Å². The second-order valence-electron chi connectivity index (χ2n) is 5.70. The average Bonchev–Trinajstić information content (AvgIpc) is 2.78. The summed E-state index contributed by atoms with van der Waals surface area (Å²) < 4.78 is 7.09. The van der Waals surface area contributed by atoms with E-state index in [9.17, 15) is 0 Å². The van der Waals surface area contributed by atoms with E-state index in [-0.39, 0.29) is 0 Å². The number of hydrogen-bond donors (Lipinski definition) is 1. The first-order valence-corrected chi connectivity index (χ1v) is 8.27. The zero-order valence-electron chi connectivity index (χ0n) is 11.5. The van der Waals surface area contributed by atoms with Crippen LogP contribution in [-0.2, 0) is 6.42 Å². The topological polar surface area (TPSA) is 21.3 Å². The molecule has 1 aromatic carbocycles. The van der Waals surface area contributed by atoms with Crippen LogP contribution >= 0.6 is 15.9 Å². The molecule has 1 fully saturated rings. The van der Waals surface area contributed by atoms with Crippen molar-refractivity contribution in [3.05, 3.63) is 27.7 Å². The summed E-state index contributed by atoms with van der Waals surface area (Å²) in [7, 11) is 0. The molecule has 1 saturated carbocycles. The highest BCUT2D eigenvalue weighted by molar-refractivity contribution is 9.10. The van der Waals surface area contributed by atoms with Crippen LogP contribution < -0.4 is 10.1 Å². The van der Waals surface area contributed by atoms with Gasteiger partial charge in [0.15, 0.2) is 0 Å². The Hall–Kier alpha value is -0.540. The molecule has 1 heterocycles. The van der Waals surface area contributed by atoms with Crippen LogP contribution in [0.2, 0.25) is 0 Å². The molecule has 1 unspecified atom stereocenters. The van der Waals surface area contributed by atoms with E-state index < -0.39 is 0 Å². The minimum atomic E-state index is 0.470. The van der Waals surface area contributed by atoms with Crippen LogP contribution in [0.5, 0.6) is 5.75 Å². The fraction of sp³-hybridized carbons (Fsp3) is 0.625. The number of ether oxygens (including phenoxy) is 1. The first-order chi connectivity index (χ1) is 9.29. The first kappa shape index (κ1) is 13.4. The largest absolute Gasteiger partial charge is 0.493 e. The molecule has 104 valence electrons. The summed E-state index contributed by atoms with van der Waals surface area (Å²) in [5.74, 6) is 1.94. The quantitative estimate of drug-likeness (QED) is 0.875. The maximum absolute atomic E-state index is 5.90. The van der Waals surface area contributed by atoms with Crippen molar-refractivity contribution in [3.63, 3.8) is 0 Å². The van der Waals surface area contributed by atoms with E-state index in [4.69, 9.17) is 4.74 Å². The summed E-state index contributed by atoms with van der Waals surface area (Å²) in [5, 5.41) is 3.74. The van der Waals surface area contributed by atoms with Crippen molar-refractivity contribution in [2.45, 2.75) is 45.1 Å². The fourth-order valence-corrected chi connectivity index (χ4v) is 3.66. The van der Waals surface area contributed by atoms with E-state index in [1.165, 1.54) is 41.3 Å². The fourth-order valence-electron chi connectivity index (χ4n) is 3.13. The normalized spacial score (nSPS) is 19.7. The number of rotatable bonds is 5. The second-order valence-corrected chi connectivity index (χ2v) is 6.62. The van der Waals surface area contributed by atoms with Gasteiger partial charge in [-0.15, -0.1) is 0 Å². The molecule has 0 amide bonds. The number of nitrogens with one attached hydrogen (secondary N) is 1. The molecule has 3 rings (SSSR count). The summed E-state index contributed by atoms with van der Waals surface area (Å²) in [4.78, 5) is 0. The molecule has 3 heteroatoms. The van der Waals surface area contributed by atoms with E-state index in [0.717, 1.165) is 31.2 Å². The molecule has 0 saturated heterocycles. The molecule has 1 aromatic rings. The molecule has 0 radical (unpaired) electrons. The Bertz CT molecular complexity index is 456. The number of fused-ring (bicyclic) bond motifs is 1. The summed E-state index contributed by atoms with van der Waals surface area (Å²) in [6.45, 7) is 4.15. The molecule has 2 nitrogen and oxygen atoms in total. The second kappa shape index (κ2) is 5.84. The third kappa shape index (κ3) is 2.68. The monoisotopic (exact) mass is 323 g/mol. The lowest BCUT2D eigenvalue weighted by atomic mass is 9.76. The highest BCUT2D eigenvalue weighted by Gasteiger charge is 2.32. The van der Waals surface area contributed by atoms with Crippen molar-refractivity contribution < 1.29 is 4.74 Å². The maximum Gasteiger partial charge on any atom is 0.127 e. The van der Waals surface area contributed by atoms with Crippen molar-refractivity contribution in [1.29, 1.82) is 0 Å². The van der Waals surface area contributed by atoms with Gasteiger partial charge < -0.3 is 10.1 Å².